The molecule has 0 bridgehead atoms. The van der Waals surface area contributed by atoms with Gasteiger partial charge in [-0.25, -0.2) is 0 Å². The van der Waals surface area contributed by atoms with Crippen molar-refractivity contribution in [1.29, 1.82) is 0 Å². The number of hydrogen-bond acceptors (Lipinski definition) is 2. The fourth-order valence-corrected chi connectivity index (χ4v) is 1.50. The normalized spacial score (nSPS) is 28.3. The topological polar surface area (TPSA) is 23.5 Å². The Morgan fingerprint density at radius 3 is 2.70 bits per heavy atom. The van der Waals surface area contributed by atoms with E-state index in [-0.39, 0.29) is 6.04 Å². The predicted octanol–water partition coefficient (Wildman–Crippen LogP) is 1.54. The van der Waals surface area contributed by atoms with Gasteiger partial charge in [0.25, 0.3) is 0 Å². The van der Waals surface area contributed by atoms with Crippen LogP contribution >= 0.6 is 0 Å². The van der Waals surface area contributed by atoms with Crippen LogP contribution in [0.2, 0.25) is 0 Å². The van der Waals surface area contributed by atoms with Crippen LogP contribution in [0.1, 0.15) is 19.3 Å². The summed E-state index contributed by atoms with van der Waals surface area (Å²) < 4.78 is 0. The highest BCUT2D eigenvalue weighted by molar-refractivity contribution is 4.96. The zero-order chi connectivity index (χ0) is 7.56. The van der Waals surface area contributed by atoms with Crippen LogP contribution in [0, 0.1) is 0 Å². The highest BCUT2D eigenvalue weighted by atomic mass is 16.3. The zero-order valence-corrected chi connectivity index (χ0v) is 6.51. The third-order valence-electron chi connectivity index (χ3n) is 2.16. The van der Waals surface area contributed by atoms with E-state index >= 15 is 0 Å². The lowest BCUT2D eigenvalue weighted by atomic mass is 10.0. The smallest absolute Gasteiger partial charge is 0.102 e. The molecule has 0 saturated carbocycles. The Hall–Kier alpha value is -0.500. The minimum absolute atomic E-state index is 0.216. The molecule has 0 unspecified atom stereocenters. The molecular weight excluding hydrogens is 126 g/mol. The summed E-state index contributed by atoms with van der Waals surface area (Å²) in [6.45, 7) is 4.63. The van der Waals surface area contributed by atoms with Gasteiger partial charge in [-0.15, -0.1) is 0 Å². The summed E-state index contributed by atoms with van der Waals surface area (Å²) in [6, 6.07) is 0.216. The van der Waals surface area contributed by atoms with Crippen LogP contribution in [0.3, 0.4) is 0 Å². The number of nitrogens with zero attached hydrogens (tertiary/aromatic N) is 1. The van der Waals surface area contributed by atoms with Gasteiger partial charge in [0.15, 0.2) is 0 Å². The van der Waals surface area contributed by atoms with E-state index in [1.165, 1.54) is 12.8 Å². The molecule has 1 N–H and O–H groups in total. The number of likely N-dealkylation sites (N-methyl/N-ethyl adjacent to an activating group) is 1. The SMILES string of the molecule is C=C(O)[C@@H]1CCCCN1C. The van der Waals surface area contributed by atoms with Gasteiger partial charge in [-0.2, -0.15) is 0 Å². The average molecular weight is 141 g/mol. The summed E-state index contributed by atoms with van der Waals surface area (Å²) >= 11 is 0. The van der Waals surface area contributed by atoms with Gasteiger partial charge < -0.3 is 5.11 Å². The molecule has 0 spiro atoms. The maximum absolute atomic E-state index is 9.11. The van der Waals surface area contributed by atoms with Crippen LogP contribution in [-0.2, 0) is 0 Å². The first kappa shape index (κ1) is 7.61. The maximum atomic E-state index is 9.11. The van der Waals surface area contributed by atoms with Gasteiger partial charge in [0.2, 0.25) is 0 Å². The Labute approximate surface area is 62.2 Å². The van der Waals surface area contributed by atoms with Crippen molar-refractivity contribution in [2.24, 2.45) is 0 Å². The molecule has 0 amide bonds. The molecule has 1 atom stereocenters. The largest absolute Gasteiger partial charge is 0.511 e. The molecule has 1 aliphatic rings. The molecule has 1 saturated heterocycles. The standard InChI is InChI=1S/C8H15NO/c1-7(10)8-5-3-4-6-9(8)2/h8,10H,1,3-6H2,2H3/t8-/m0/s1. The van der Waals surface area contributed by atoms with Crippen LogP contribution in [0.15, 0.2) is 12.3 Å². The minimum atomic E-state index is 0.216. The fraction of sp³-hybridized carbons (Fsp3) is 0.750. The highest BCUT2D eigenvalue weighted by Gasteiger charge is 2.20. The Morgan fingerprint density at radius 1 is 1.60 bits per heavy atom. The van der Waals surface area contributed by atoms with E-state index in [4.69, 9.17) is 5.11 Å². The van der Waals surface area contributed by atoms with Crippen LogP contribution in [0.4, 0.5) is 0 Å². The molecule has 1 rings (SSSR count). The van der Waals surface area contributed by atoms with Gasteiger partial charge in [0, 0.05) is 0 Å². The van der Waals surface area contributed by atoms with Gasteiger partial charge in [-0.1, -0.05) is 13.0 Å². The van der Waals surface area contributed by atoms with Crippen molar-refractivity contribution in [3.8, 4) is 0 Å². The van der Waals surface area contributed by atoms with Crippen LogP contribution < -0.4 is 0 Å². The van der Waals surface area contributed by atoms with Crippen molar-refractivity contribution in [3.05, 3.63) is 12.3 Å². The lowest BCUT2D eigenvalue weighted by molar-refractivity contribution is 0.166. The van der Waals surface area contributed by atoms with E-state index in [0.717, 1.165) is 13.0 Å². The highest BCUT2D eigenvalue weighted by Crippen LogP contribution is 2.18. The Balaban J connectivity index is 2.47. The van der Waals surface area contributed by atoms with Crippen LogP contribution in [0.5, 0.6) is 0 Å². The van der Waals surface area contributed by atoms with E-state index < -0.39 is 0 Å². The third-order valence-corrected chi connectivity index (χ3v) is 2.16. The molecule has 10 heavy (non-hydrogen) atoms. The molecule has 2 heteroatoms. The Bertz CT molecular complexity index is 133. The molecule has 1 fully saturated rings. The second-order valence-electron chi connectivity index (χ2n) is 2.98. The number of hydrogen-bond donors (Lipinski definition) is 1. The number of aliphatic hydroxyl groups excluding tert-OH is 1. The molecule has 1 aliphatic heterocycles. The molecule has 2 nitrogen and oxygen atoms in total. The Kier molecular flexibility index (Phi) is 2.33. The van der Waals surface area contributed by atoms with Gasteiger partial charge in [0.1, 0.15) is 5.76 Å². The monoisotopic (exact) mass is 141 g/mol. The molecular formula is C8H15NO. The summed E-state index contributed by atoms with van der Waals surface area (Å²) in [5.74, 6) is 0.321. The first-order chi connectivity index (χ1) is 4.72. The summed E-state index contributed by atoms with van der Waals surface area (Å²) in [5.41, 5.74) is 0. The summed E-state index contributed by atoms with van der Waals surface area (Å²) in [6.07, 6.45) is 3.53. The zero-order valence-electron chi connectivity index (χ0n) is 6.51. The summed E-state index contributed by atoms with van der Waals surface area (Å²) in [4.78, 5) is 2.16. The molecule has 0 aromatic heterocycles. The van der Waals surface area contributed by atoms with Crippen LogP contribution in [-0.4, -0.2) is 29.6 Å². The van der Waals surface area contributed by atoms with Crippen molar-refractivity contribution >= 4 is 0 Å². The second kappa shape index (κ2) is 3.06. The van der Waals surface area contributed by atoms with Gasteiger partial charge in [0.05, 0.1) is 6.04 Å². The maximum Gasteiger partial charge on any atom is 0.102 e. The second-order valence-corrected chi connectivity index (χ2v) is 2.98. The van der Waals surface area contributed by atoms with Gasteiger partial charge >= 0.3 is 0 Å². The molecule has 1 heterocycles. The van der Waals surface area contributed by atoms with Crippen molar-refractivity contribution in [3.63, 3.8) is 0 Å². The number of rotatable bonds is 1. The lowest BCUT2D eigenvalue weighted by Crippen LogP contribution is -2.37. The Morgan fingerprint density at radius 2 is 2.30 bits per heavy atom. The lowest BCUT2D eigenvalue weighted by Gasteiger charge is -2.31. The number of piperidine rings is 1. The van der Waals surface area contributed by atoms with Gasteiger partial charge in [-0.3, -0.25) is 4.90 Å². The molecule has 58 valence electrons. The van der Waals surface area contributed by atoms with E-state index in [1.807, 2.05) is 7.05 Å². The van der Waals surface area contributed by atoms with Crippen molar-refractivity contribution in [2.45, 2.75) is 25.3 Å². The molecule has 0 aliphatic carbocycles. The van der Waals surface area contributed by atoms with E-state index in [9.17, 15) is 0 Å². The average Bonchev–Trinajstić information content (AvgIpc) is 1.88. The first-order valence-electron chi connectivity index (χ1n) is 3.80. The predicted molar refractivity (Wildman–Crippen MR) is 42.0 cm³/mol. The molecule has 0 radical (unpaired) electrons. The van der Waals surface area contributed by atoms with Crippen LogP contribution in [0.25, 0.3) is 0 Å². The minimum Gasteiger partial charge on any atom is -0.511 e. The fourth-order valence-electron chi connectivity index (χ4n) is 1.50. The van der Waals surface area contributed by atoms with E-state index in [1.54, 1.807) is 0 Å². The molecule has 0 aromatic carbocycles. The van der Waals surface area contributed by atoms with E-state index in [2.05, 4.69) is 11.5 Å². The number of likely N-dealkylation sites (tertiary alicyclic amines) is 1. The van der Waals surface area contributed by atoms with Crippen molar-refractivity contribution in [2.75, 3.05) is 13.6 Å². The summed E-state index contributed by atoms with van der Waals surface area (Å²) in [7, 11) is 2.03. The molecule has 0 aromatic rings. The number of aliphatic hydroxyl groups is 1. The summed E-state index contributed by atoms with van der Waals surface area (Å²) in [5, 5.41) is 9.11. The van der Waals surface area contributed by atoms with E-state index in [0.29, 0.717) is 5.76 Å². The van der Waals surface area contributed by atoms with Crippen molar-refractivity contribution < 1.29 is 5.11 Å². The quantitative estimate of drug-likeness (QED) is 0.560. The first-order valence-corrected chi connectivity index (χ1v) is 3.80. The third kappa shape index (κ3) is 1.51. The van der Waals surface area contributed by atoms with Crippen molar-refractivity contribution in [1.82, 2.24) is 4.90 Å². The van der Waals surface area contributed by atoms with Gasteiger partial charge in [-0.05, 0) is 26.4 Å².